The first kappa shape index (κ1) is 16.1. The van der Waals surface area contributed by atoms with E-state index in [9.17, 15) is 10.2 Å². The van der Waals surface area contributed by atoms with Crippen LogP contribution in [0.3, 0.4) is 0 Å². The van der Waals surface area contributed by atoms with Crippen molar-refractivity contribution in [2.24, 2.45) is 0 Å². The Balaban J connectivity index is 1.33. The average molecular weight is 294 g/mol. The standard InChI is InChI=1S/C12H22O8/c13-9(1-15-5-11-7-17-11)3-19-20-4-10(14)2-16-6-12-8-18-12/h9-14H,1-8H2. The predicted molar refractivity (Wildman–Crippen MR) is 65.0 cm³/mol. The molecule has 0 spiro atoms. The Morgan fingerprint density at radius 1 is 0.800 bits per heavy atom. The molecule has 2 fully saturated rings. The van der Waals surface area contributed by atoms with Crippen LogP contribution in [0, 0.1) is 0 Å². The van der Waals surface area contributed by atoms with Crippen LogP contribution in [0.1, 0.15) is 0 Å². The Kier molecular flexibility index (Phi) is 7.11. The van der Waals surface area contributed by atoms with Crippen molar-refractivity contribution in [1.29, 1.82) is 0 Å². The van der Waals surface area contributed by atoms with Crippen LogP contribution in [0.2, 0.25) is 0 Å². The van der Waals surface area contributed by atoms with Crippen LogP contribution in [-0.4, -0.2) is 87.5 Å². The monoisotopic (exact) mass is 294 g/mol. The Labute approximate surface area is 117 Å². The maximum absolute atomic E-state index is 9.49. The van der Waals surface area contributed by atoms with Gasteiger partial charge in [0.15, 0.2) is 0 Å². The fourth-order valence-electron chi connectivity index (χ4n) is 1.35. The minimum absolute atomic E-state index is 0.0188. The largest absolute Gasteiger partial charge is 0.388 e. The number of aliphatic hydroxyl groups is 2. The highest BCUT2D eigenvalue weighted by atomic mass is 17.2. The van der Waals surface area contributed by atoms with E-state index in [1.807, 2.05) is 0 Å². The second kappa shape index (κ2) is 8.85. The summed E-state index contributed by atoms with van der Waals surface area (Å²) >= 11 is 0. The minimum atomic E-state index is -0.769. The van der Waals surface area contributed by atoms with Gasteiger partial charge >= 0.3 is 0 Å². The third-order valence-electron chi connectivity index (χ3n) is 2.64. The third kappa shape index (κ3) is 8.08. The van der Waals surface area contributed by atoms with E-state index in [0.717, 1.165) is 13.2 Å². The van der Waals surface area contributed by atoms with Gasteiger partial charge in [0.1, 0.15) is 37.6 Å². The van der Waals surface area contributed by atoms with Crippen LogP contribution in [0.25, 0.3) is 0 Å². The molecule has 2 saturated heterocycles. The zero-order chi connectivity index (χ0) is 14.2. The molecule has 0 amide bonds. The number of ether oxygens (including phenoxy) is 4. The fraction of sp³-hybridized carbons (Fsp3) is 1.00. The SMILES string of the molecule is OC(COCC1CO1)COOCC(O)COCC1CO1. The van der Waals surface area contributed by atoms with E-state index in [1.165, 1.54) is 0 Å². The molecule has 4 unspecified atom stereocenters. The molecule has 8 nitrogen and oxygen atoms in total. The summed E-state index contributed by atoms with van der Waals surface area (Å²) < 4.78 is 20.3. The van der Waals surface area contributed by atoms with Crippen LogP contribution in [0.15, 0.2) is 0 Å². The maximum Gasteiger partial charge on any atom is 0.110 e. The molecule has 2 aliphatic heterocycles. The van der Waals surface area contributed by atoms with Gasteiger partial charge in [0.25, 0.3) is 0 Å². The van der Waals surface area contributed by atoms with Crippen LogP contribution in [-0.2, 0) is 28.7 Å². The Morgan fingerprint density at radius 2 is 1.20 bits per heavy atom. The lowest BCUT2D eigenvalue weighted by Gasteiger charge is -2.13. The quantitative estimate of drug-likeness (QED) is 0.183. The van der Waals surface area contributed by atoms with Crippen molar-refractivity contribution in [3.05, 3.63) is 0 Å². The van der Waals surface area contributed by atoms with Crippen molar-refractivity contribution in [3.63, 3.8) is 0 Å². The Bertz CT molecular complexity index is 230. The van der Waals surface area contributed by atoms with Gasteiger partial charge in [0.2, 0.25) is 0 Å². The molecule has 2 rings (SSSR count). The van der Waals surface area contributed by atoms with E-state index in [-0.39, 0.29) is 38.6 Å². The summed E-state index contributed by atoms with van der Waals surface area (Å²) in [5, 5.41) is 19.0. The lowest BCUT2D eigenvalue weighted by molar-refractivity contribution is -0.317. The fourth-order valence-corrected chi connectivity index (χ4v) is 1.35. The molecule has 2 aliphatic rings. The van der Waals surface area contributed by atoms with Gasteiger partial charge < -0.3 is 29.2 Å². The number of hydrogen-bond acceptors (Lipinski definition) is 8. The second-order valence-electron chi connectivity index (χ2n) is 4.86. The Hall–Kier alpha value is -0.320. The summed E-state index contributed by atoms with van der Waals surface area (Å²) in [6.45, 7) is 2.71. The smallest absolute Gasteiger partial charge is 0.110 e. The average Bonchev–Trinajstić information content (AvgIpc) is 3.28. The Morgan fingerprint density at radius 3 is 1.55 bits per heavy atom. The van der Waals surface area contributed by atoms with E-state index in [4.69, 9.17) is 28.7 Å². The van der Waals surface area contributed by atoms with E-state index < -0.39 is 12.2 Å². The molecule has 0 aromatic heterocycles. The highest BCUT2D eigenvalue weighted by Gasteiger charge is 2.23. The first-order chi connectivity index (χ1) is 9.74. The zero-order valence-corrected chi connectivity index (χ0v) is 11.3. The van der Waals surface area contributed by atoms with E-state index >= 15 is 0 Å². The highest BCUT2D eigenvalue weighted by Crippen LogP contribution is 2.09. The molecule has 0 bridgehead atoms. The highest BCUT2D eigenvalue weighted by molar-refractivity contribution is 4.68. The summed E-state index contributed by atoms with van der Waals surface area (Å²) in [5.41, 5.74) is 0. The van der Waals surface area contributed by atoms with Crippen LogP contribution in [0.5, 0.6) is 0 Å². The number of rotatable bonds is 13. The van der Waals surface area contributed by atoms with Gasteiger partial charge in [-0.25, -0.2) is 9.78 Å². The van der Waals surface area contributed by atoms with Crippen LogP contribution in [0.4, 0.5) is 0 Å². The third-order valence-corrected chi connectivity index (χ3v) is 2.64. The molecule has 20 heavy (non-hydrogen) atoms. The minimum Gasteiger partial charge on any atom is -0.388 e. The predicted octanol–water partition coefficient (Wildman–Crippen LogP) is -1.51. The number of epoxide rings is 2. The molecule has 0 saturated carbocycles. The molecule has 2 heterocycles. The molecule has 8 heteroatoms. The van der Waals surface area contributed by atoms with Crippen LogP contribution >= 0.6 is 0 Å². The zero-order valence-electron chi connectivity index (χ0n) is 11.3. The van der Waals surface area contributed by atoms with Gasteiger partial charge in [-0.3, -0.25) is 0 Å². The number of aliphatic hydroxyl groups excluding tert-OH is 2. The van der Waals surface area contributed by atoms with E-state index in [1.54, 1.807) is 0 Å². The molecular weight excluding hydrogens is 272 g/mol. The van der Waals surface area contributed by atoms with Gasteiger partial charge in [-0.1, -0.05) is 0 Å². The van der Waals surface area contributed by atoms with Gasteiger partial charge in [-0.2, -0.15) is 0 Å². The van der Waals surface area contributed by atoms with Crippen molar-refractivity contribution in [2.45, 2.75) is 24.4 Å². The second-order valence-corrected chi connectivity index (χ2v) is 4.86. The normalized spacial score (nSPS) is 27.3. The first-order valence-electron chi connectivity index (χ1n) is 6.73. The lowest BCUT2D eigenvalue weighted by Crippen LogP contribution is -2.26. The maximum atomic E-state index is 9.49. The van der Waals surface area contributed by atoms with Crippen molar-refractivity contribution in [1.82, 2.24) is 0 Å². The topological polar surface area (TPSA) is 102 Å². The van der Waals surface area contributed by atoms with Gasteiger partial charge in [-0.15, -0.1) is 0 Å². The van der Waals surface area contributed by atoms with E-state index in [0.29, 0.717) is 13.2 Å². The molecule has 0 aromatic carbocycles. The molecular formula is C12H22O8. The summed E-state index contributed by atoms with van der Waals surface area (Å²) in [7, 11) is 0. The van der Waals surface area contributed by atoms with Gasteiger partial charge in [0.05, 0.1) is 39.6 Å². The van der Waals surface area contributed by atoms with Crippen molar-refractivity contribution < 1.29 is 38.9 Å². The lowest BCUT2D eigenvalue weighted by atomic mass is 10.4. The molecule has 0 aliphatic carbocycles. The molecule has 4 atom stereocenters. The van der Waals surface area contributed by atoms with Crippen molar-refractivity contribution >= 4 is 0 Å². The van der Waals surface area contributed by atoms with Crippen molar-refractivity contribution in [2.75, 3.05) is 52.9 Å². The molecule has 0 radical (unpaired) electrons. The summed E-state index contributed by atoms with van der Waals surface area (Å²) in [6, 6.07) is 0. The van der Waals surface area contributed by atoms with E-state index in [2.05, 4.69) is 0 Å². The summed E-state index contributed by atoms with van der Waals surface area (Å²) in [5.74, 6) is 0. The summed E-state index contributed by atoms with van der Waals surface area (Å²) in [6.07, 6.45) is -1.19. The first-order valence-corrected chi connectivity index (χ1v) is 6.73. The molecule has 0 aromatic rings. The number of hydrogen-bond donors (Lipinski definition) is 2. The molecule has 118 valence electrons. The van der Waals surface area contributed by atoms with Gasteiger partial charge in [0, 0.05) is 0 Å². The van der Waals surface area contributed by atoms with Crippen LogP contribution < -0.4 is 0 Å². The summed E-state index contributed by atoms with van der Waals surface area (Å²) in [4.78, 5) is 9.56. The molecule has 2 N–H and O–H groups in total. The van der Waals surface area contributed by atoms with Gasteiger partial charge in [-0.05, 0) is 0 Å². The van der Waals surface area contributed by atoms with Crippen molar-refractivity contribution in [3.8, 4) is 0 Å².